The molecule has 1 heterocycles. The van der Waals surface area contributed by atoms with Crippen LogP contribution in [0.3, 0.4) is 0 Å². The van der Waals surface area contributed by atoms with Crippen molar-refractivity contribution in [1.82, 2.24) is 10.3 Å². The minimum Gasteiger partial charge on any atom is -0.311 e. The van der Waals surface area contributed by atoms with Gasteiger partial charge in [0.05, 0.1) is 5.51 Å². The average molecular weight is 262 g/mol. The van der Waals surface area contributed by atoms with E-state index < -0.39 is 0 Å². The van der Waals surface area contributed by atoms with Gasteiger partial charge >= 0.3 is 0 Å². The zero-order valence-corrected chi connectivity index (χ0v) is 11.7. The van der Waals surface area contributed by atoms with E-state index >= 15 is 0 Å². The Kier molecular flexibility index (Phi) is 2.73. The van der Waals surface area contributed by atoms with Crippen molar-refractivity contribution in [2.45, 2.75) is 45.1 Å². The number of nitrogens with zero attached hydrogens (tertiary/aromatic N) is 1. The van der Waals surface area contributed by atoms with Gasteiger partial charge in [-0.2, -0.15) is 0 Å². The van der Waals surface area contributed by atoms with Crippen LogP contribution in [-0.2, 0) is 6.54 Å². The van der Waals surface area contributed by atoms with Crippen LogP contribution in [0.5, 0.6) is 0 Å². The molecule has 0 atom stereocenters. The Labute approximate surface area is 113 Å². The molecule has 0 aliphatic heterocycles. The number of hydrogen-bond acceptors (Lipinski definition) is 3. The standard InChI is InChI=1S/C15H22N2S/c1-11-2-13-3-12(1)5-15(4-11,6-13)9-16-7-14-8-17-10-18-14/h8,10-13,16H,1-7,9H2. The zero-order valence-electron chi connectivity index (χ0n) is 10.9. The van der Waals surface area contributed by atoms with Crippen LogP contribution in [0, 0.1) is 23.2 Å². The maximum Gasteiger partial charge on any atom is 0.0794 e. The van der Waals surface area contributed by atoms with E-state index in [9.17, 15) is 0 Å². The minimum atomic E-state index is 0.666. The molecule has 4 saturated carbocycles. The summed E-state index contributed by atoms with van der Waals surface area (Å²) >= 11 is 1.77. The van der Waals surface area contributed by atoms with Gasteiger partial charge in [-0.25, -0.2) is 0 Å². The molecule has 4 bridgehead atoms. The molecule has 4 aliphatic rings. The first-order valence-electron chi connectivity index (χ1n) is 7.39. The normalized spacial score (nSPS) is 41.4. The van der Waals surface area contributed by atoms with E-state index in [0.717, 1.165) is 24.3 Å². The van der Waals surface area contributed by atoms with E-state index in [4.69, 9.17) is 0 Å². The van der Waals surface area contributed by atoms with Crippen LogP contribution in [0.4, 0.5) is 0 Å². The molecule has 0 unspecified atom stereocenters. The Hall–Kier alpha value is -0.410. The number of nitrogens with one attached hydrogen (secondary N) is 1. The van der Waals surface area contributed by atoms with Crippen LogP contribution in [0.2, 0.25) is 0 Å². The second-order valence-corrected chi connectivity index (χ2v) is 7.96. The van der Waals surface area contributed by atoms with Crippen LogP contribution in [0.15, 0.2) is 11.7 Å². The molecule has 1 aromatic heterocycles. The van der Waals surface area contributed by atoms with Crippen molar-refractivity contribution in [2.24, 2.45) is 23.2 Å². The predicted octanol–water partition coefficient (Wildman–Crippen LogP) is 3.45. The molecule has 1 N–H and O–H groups in total. The first kappa shape index (κ1) is 11.4. The van der Waals surface area contributed by atoms with E-state index in [1.807, 2.05) is 11.7 Å². The van der Waals surface area contributed by atoms with Gasteiger partial charge in [-0.3, -0.25) is 4.98 Å². The predicted molar refractivity (Wildman–Crippen MR) is 74.4 cm³/mol. The minimum absolute atomic E-state index is 0.666. The third-order valence-corrected chi connectivity index (χ3v) is 6.23. The Morgan fingerprint density at radius 3 is 2.39 bits per heavy atom. The first-order chi connectivity index (χ1) is 8.81. The van der Waals surface area contributed by atoms with E-state index in [1.165, 1.54) is 30.7 Å². The van der Waals surface area contributed by atoms with Gasteiger partial charge in [0.25, 0.3) is 0 Å². The lowest BCUT2D eigenvalue weighted by atomic mass is 9.49. The molecule has 0 saturated heterocycles. The molecular weight excluding hydrogens is 240 g/mol. The number of hydrogen-bond donors (Lipinski definition) is 1. The van der Waals surface area contributed by atoms with E-state index in [2.05, 4.69) is 10.3 Å². The van der Waals surface area contributed by atoms with Crippen LogP contribution < -0.4 is 5.32 Å². The van der Waals surface area contributed by atoms with Gasteiger partial charge in [-0.15, -0.1) is 11.3 Å². The van der Waals surface area contributed by atoms with E-state index in [0.29, 0.717) is 5.41 Å². The molecular formula is C15H22N2S. The summed E-state index contributed by atoms with van der Waals surface area (Å²) in [4.78, 5) is 5.52. The fourth-order valence-electron chi connectivity index (χ4n) is 5.29. The van der Waals surface area contributed by atoms with Crippen molar-refractivity contribution in [2.75, 3.05) is 6.54 Å². The smallest absolute Gasteiger partial charge is 0.0794 e. The van der Waals surface area contributed by atoms with Gasteiger partial charge in [0, 0.05) is 24.2 Å². The van der Waals surface area contributed by atoms with Crippen molar-refractivity contribution in [1.29, 1.82) is 0 Å². The third kappa shape index (κ3) is 2.01. The molecule has 5 rings (SSSR count). The second-order valence-electron chi connectivity index (χ2n) is 6.99. The van der Waals surface area contributed by atoms with Gasteiger partial charge in [0.2, 0.25) is 0 Å². The first-order valence-corrected chi connectivity index (χ1v) is 8.27. The highest BCUT2D eigenvalue weighted by Crippen LogP contribution is 2.59. The molecule has 4 aliphatic carbocycles. The lowest BCUT2D eigenvalue weighted by Crippen LogP contribution is -2.50. The molecule has 3 heteroatoms. The number of aromatic nitrogens is 1. The largest absolute Gasteiger partial charge is 0.311 e. The van der Waals surface area contributed by atoms with Crippen LogP contribution >= 0.6 is 11.3 Å². The maximum atomic E-state index is 4.15. The summed E-state index contributed by atoms with van der Waals surface area (Å²) < 4.78 is 0. The Bertz CT molecular complexity index is 377. The Morgan fingerprint density at radius 2 is 1.83 bits per heavy atom. The molecule has 98 valence electrons. The highest BCUT2D eigenvalue weighted by molar-refractivity contribution is 7.09. The lowest BCUT2D eigenvalue weighted by molar-refractivity contribution is -0.0514. The highest BCUT2D eigenvalue weighted by Gasteiger charge is 2.50. The molecule has 0 aromatic carbocycles. The summed E-state index contributed by atoms with van der Waals surface area (Å²) in [6.07, 6.45) is 11.2. The SMILES string of the molecule is c1ncc(CNCC23CC4CC(CC(C4)C2)C3)s1. The summed E-state index contributed by atoms with van der Waals surface area (Å²) in [5.74, 6) is 3.21. The molecule has 18 heavy (non-hydrogen) atoms. The van der Waals surface area contributed by atoms with Crippen LogP contribution in [-0.4, -0.2) is 11.5 Å². The number of thiazole rings is 1. The zero-order chi connectivity index (χ0) is 12.0. The number of rotatable bonds is 4. The van der Waals surface area contributed by atoms with Crippen LogP contribution in [0.25, 0.3) is 0 Å². The van der Waals surface area contributed by atoms with Crippen molar-refractivity contribution >= 4 is 11.3 Å². The quantitative estimate of drug-likeness (QED) is 0.899. The van der Waals surface area contributed by atoms with Crippen molar-refractivity contribution < 1.29 is 0 Å². The lowest BCUT2D eigenvalue weighted by Gasteiger charge is -2.57. The van der Waals surface area contributed by atoms with Gasteiger partial charge < -0.3 is 5.32 Å². The van der Waals surface area contributed by atoms with Gasteiger partial charge in [-0.05, 0) is 61.7 Å². The fourth-order valence-corrected chi connectivity index (χ4v) is 5.85. The molecule has 0 amide bonds. The van der Waals surface area contributed by atoms with Gasteiger partial charge in [0.15, 0.2) is 0 Å². The van der Waals surface area contributed by atoms with Crippen molar-refractivity contribution in [3.63, 3.8) is 0 Å². The van der Waals surface area contributed by atoms with Gasteiger partial charge in [0.1, 0.15) is 0 Å². The summed E-state index contributed by atoms with van der Waals surface area (Å²) in [5.41, 5.74) is 2.60. The monoisotopic (exact) mass is 262 g/mol. The maximum absolute atomic E-state index is 4.15. The molecule has 2 nitrogen and oxygen atoms in total. The second kappa shape index (κ2) is 4.31. The summed E-state index contributed by atoms with van der Waals surface area (Å²) in [6.45, 7) is 2.26. The Morgan fingerprint density at radius 1 is 1.17 bits per heavy atom. The fraction of sp³-hybridized carbons (Fsp3) is 0.800. The molecule has 4 fully saturated rings. The van der Waals surface area contributed by atoms with Crippen LogP contribution in [0.1, 0.15) is 43.4 Å². The summed E-state index contributed by atoms with van der Waals surface area (Å²) in [5, 5.41) is 3.72. The Balaban J connectivity index is 1.39. The van der Waals surface area contributed by atoms with E-state index in [-0.39, 0.29) is 0 Å². The topological polar surface area (TPSA) is 24.9 Å². The molecule has 0 spiro atoms. The highest BCUT2D eigenvalue weighted by atomic mass is 32.1. The average Bonchev–Trinajstić information content (AvgIpc) is 2.79. The van der Waals surface area contributed by atoms with Crippen molar-refractivity contribution in [3.05, 3.63) is 16.6 Å². The molecule has 0 radical (unpaired) electrons. The van der Waals surface area contributed by atoms with E-state index in [1.54, 1.807) is 30.6 Å². The van der Waals surface area contributed by atoms with Gasteiger partial charge in [-0.1, -0.05) is 0 Å². The molecule has 1 aromatic rings. The van der Waals surface area contributed by atoms with Crippen molar-refractivity contribution in [3.8, 4) is 0 Å². The summed E-state index contributed by atoms with van der Waals surface area (Å²) in [6, 6.07) is 0. The third-order valence-electron chi connectivity index (χ3n) is 5.45. The summed E-state index contributed by atoms with van der Waals surface area (Å²) in [7, 11) is 0.